The molecule has 0 aliphatic heterocycles. The van der Waals surface area contributed by atoms with Crippen molar-refractivity contribution in [2.45, 2.75) is 32.6 Å². The number of rotatable bonds is 2. The van der Waals surface area contributed by atoms with Crippen LogP contribution in [0.15, 0.2) is 12.1 Å². The van der Waals surface area contributed by atoms with Crippen LogP contribution < -0.4 is 5.73 Å². The van der Waals surface area contributed by atoms with Gasteiger partial charge in [-0.05, 0) is 12.1 Å². The summed E-state index contributed by atoms with van der Waals surface area (Å²) in [6.07, 6.45) is 0.684. The predicted molar refractivity (Wildman–Crippen MR) is 90.5 cm³/mol. The Balaban J connectivity index is 2.11. The van der Waals surface area contributed by atoms with Crippen molar-refractivity contribution in [2.75, 3.05) is 5.73 Å². The minimum atomic E-state index is -0.0514. The average Bonchev–Trinajstić information content (AvgIpc) is 2.98. The molecule has 7 heteroatoms. The molecule has 0 saturated carbocycles. The van der Waals surface area contributed by atoms with Crippen molar-refractivity contribution < 1.29 is 0 Å². The van der Waals surface area contributed by atoms with Crippen molar-refractivity contribution in [2.24, 2.45) is 0 Å². The van der Waals surface area contributed by atoms with Crippen LogP contribution in [-0.4, -0.2) is 13.7 Å². The highest BCUT2D eigenvalue weighted by atomic mass is 35.5. The maximum Gasteiger partial charge on any atom is 0.180 e. The molecule has 2 heterocycles. The number of nitrogen functional groups attached to an aromatic ring is 1. The number of benzene rings is 1. The Hall–Kier alpha value is -1.24. The lowest BCUT2D eigenvalue weighted by Gasteiger charge is -2.17. The van der Waals surface area contributed by atoms with E-state index < -0.39 is 0 Å². The monoisotopic (exact) mass is 338 g/mol. The Kier molecular flexibility index (Phi) is 3.63. The van der Waals surface area contributed by atoms with Crippen LogP contribution in [0.1, 0.15) is 36.9 Å². The SMILES string of the molecule is CC(C)(C)c1nc(N)sc1Cc1c(Cl)ccc2nsnc12. The summed E-state index contributed by atoms with van der Waals surface area (Å²) in [6, 6.07) is 3.78. The van der Waals surface area contributed by atoms with Crippen molar-refractivity contribution in [1.82, 2.24) is 13.7 Å². The summed E-state index contributed by atoms with van der Waals surface area (Å²) in [5.74, 6) is 0. The van der Waals surface area contributed by atoms with Crippen LogP contribution in [0.5, 0.6) is 0 Å². The molecule has 2 aromatic heterocycles. The number of fused-ring (bicyclic) bond motifs is 1. The number of hydrogen-bond acceptors (Lipinski definition) is 6. The molecule has 0 saturated heterocycles. The van der Waals surface area contributed by atoms with Crippen LogP contribution >= 0.6 is 34.7 Å². The molecule has 0 amide bonds. The van der Waals surface area contributed by atoms with Crippen LogP contribution in [0.4, 0.5) is 5.13 Å². The minimum Gasteiger partial charge on any atom is -0.375 e. The van der Waals surface area contributed by atoms with E-state index in [0.29, 0.717) is 16.6 Å². The Morgan fingerprint density at radius 3 is 2.71 bits per heavy atom. The largest absolute Gasteiger partial charge is 0.375 e. The summed E-state index contributed by atoms with van der Waals surface area (Å²) < 4.78 is 8.65. The first-order valence-electron chi connectivity index (χ1n) is 6.51. The predicted octanol–water partition coefficient (Wildman–Crippen LogP) is 4.27. The van der Waals surface area contributed by atoms with Crippen LogP contribution in [0.2, 0.25) is 5.02 Å². The van der Waals surface area contributed by atoms with E-state index in [9.17, 15) is 0 Å². The molecule has 2 N–H and O–H groups in total. The molecule has 0 radical (unpaired) electrons. The minimum absolute atomic E-state index is 0.0514. The molecule has 3 rings (SSSR count). The molecule has 110 valence electrons. The molecular formula is C14H15ClN4S2. The third kappa shape index (κ3) is 2.75. The maximum absolute atomic E-state index is 6.37. The van der Waals surface area contributed by atoms with Gasteiger partial charge >= 0.3 is 0 Å². The number of anilines is 1. The van der Waals surface area contributed by atoms with Crippen LogP contribution in [0.3, 0.4) is 0 Å². The molecule has 0 bridgehead atoms. The van der Waals surface area contributed by atoms with Gasteiger partial charge in [-0.2, -0.15) is 8.75 Å². The first-order valence-corrected chi connectivity index (χ1v) is 8.44. The van der Waals surface area contributed by atoms with Gasteiger partial charge in [-0.15, -0.1) is 11.3 Å². The molecular weight excluding hydrogens is 324 g/mol. The summed E-state index contributed by atoms with van der Waals surface area (Å²) >= 11 is 9.10. The second-order valence-electron chi connectivity index (χ2n) is 5.91. The molecule has 0 unspecified atom stereocenters. The van der Waals surface area contributed by atoms with Crippen molar-refractivity contribution in [3.8, 4) is 0 Å². The molecule has 0 spiro atoms. The molecule has 0 fully saturated rings. The van der Waals surface area contributed by atoms with Gasteiger partial charge in [0.15, 0.2) is 5.13 Å². The molecule has 21 heavy (non-hydrogen) atoms. The summed E-state index contributed by atoms with van der Waals surface area (Å²) in [7, 11) is 0. The lowest BCUT2D eigenvalue weighted by atomic mass is 9.90. The van der Waals surface area contributed by atoms with Gasteiger partial charge in [0.25, 0.3) is 0 Å². The number of aromatic nitrogens is 3. The van der Waals surface area contributed by atoms with E-state index in [1.165, 1.54) is 23.1 Å². The molecule has 3 aromatic rings. The molecule has 1 aromatic carbocycles. The Morgan fingerprint density at radius 1 is 1.24 bits per heavy atom. The molecule has 0 atom stereocenters. The Morgan fingerprint density at radius 2 is 2.00 bits per heavy atom. The van der Waals surface area contributed by atoms with E-state index in [-0.39, 0.29) is 5.41 Å². The zero-order chi connectivity index (χ0) is 15.2. The first-order chi connectivity index (χ1) is 9.86. The van der Waals surface area contributed by atoms with Gasteiger partial charge in [-0.25, -0.2) is 4.98 Å². The topological polar surface area (TPSA) is 64.7 Å². The van der Waals surface area contributed by atoms with Crippen molar-refractivity contribution in [3.63, 3.8) is 0 Å². The summed E-state index contributed by atoms with van der Waals surface area (Å²) in [5, 5.41) is 1.30. The standard InChI is InChI=1S/C14H15ClN4S2/c1-14(2,3)12-10(20-13(16)17-12)6-7-8(15)4-5-9-11(7)19-21-18-9/h4-5H,6H2,1-3H3,(H2,16,17). The van der Waals surface area contributed by atoms with E-state index in [0.717, 1.165) is 27.2 Å². The quantitative estimate of drug-likeness (QED) is 0.757. The van der Waals surface area contributed by atoms with Crippen LogP contribution in [0, 0.1) is 0 Å². The van der Waals surface area contributed by atoms with E-state index in [1.54, 1.807) is 0 Å². The second kappa shape index (κ2) is 5.19. The van der Waals surface area contributed by atoms with Gasteiger partial charge < -0.3 is 5.73 Å². The number of nitrogens with zero attached hydrogens (tertiary/aromatic N) is 3. The van der Waals surface area contributed by atoms with E-state index in [1.807, 2.05) is 12.1 Å². The fraction of sp³-hybridized carbons (Fsp3) is 0.357. The average molecular weight is 339 g/mol. The Bertz CT molecular complexity index is 801. The smallest absolute Gasteiger partial charge is 0.180 e. The van der Waals surface area contributed by atoms with Gasteiger partial charge in [0, 0.05) is 27.3 Å². The first kappa shape index (κ1) is 14.7. The van der Waals surface area contributed by atoms with Crippen LogP contribution in [0.25, 0.3) is 11.0 Å². The second-order valence-corrected chi connectivity index (χ2v) is 7.96. The molecule has 4 nitrogen and oxygen atoms in total. The summed E-state index contributed by atoms with van der Waals surface area (Å²) in [5.41, 5.74) is 9.64. The molecule has 0 aliphatic carbocycles. The highest BCUT2D eigenvalue weighted by molar-refractivity contribution is 7.15. The van der Waals surface area contributed by atoms with Crippen molar-refractivity contribution in [3.05, 3.63) is 33.3 Å². The summed E-state index contributed by atoms with van der Waals surface area (Å²) in [4.78, 5) is 5.64. The maximum atomic E-state index is 6.37. The number of nitrogens with two attached hydrogens (primary N) is 1. The highest BCUT2D eigenvalue weighted by Crippen LogP contribution is 2.35. The zero-order valence-electron chi connectivity index (χ0n) is 12.0. The van der Waals surface area contributed by atoms with E-state index >= 15 is 0 Å². The van der Waals surface area contributed by atoms with Crippen LogP contribution in [-0.2, 0) is 11.8 Å². The fourth-order valence-electron chi connectivity index (χ4n) is 2.28. The number of thiazole rings is 1. The van der Waals surface area contributed by atoms with Gasteiger partial charge in [-0.1, -0.05) is 32.4 Å². The lowest BCUT2D eigenvalue weighted by Crippen LogP contribution is -2.14. The third-order valence-electron chi connectivity index (χ3n) is 3.24. The van der Waals surface area contributed by atoms with Gasteiger partial charge in [0.1, 0.15) is 11.0 Å². The number of halogens is 1. The number of hydrogen-bond donors (Lipinski definition) is 1. The van der Waals surface area contributed by atoms with Crippen molar-refractivity contribution >= 4 is 50.8 Å². The van der Waals surface area contributed by atoms with Gasteiger partial charge in [0.2, 0.25) is 0 Å². The van der Waals surface area contributed by atoms with Gasteiger partial charge in [-0.3, -0.25) is 0 Å². The lowest BCUT2D eigenvalue weighted by molar-refractivity contribution is 0.568. The third-order valence-corrected chi connectivity index (χ3v) is 5.02. The van der Waals surface area contributed by atoms with Gasteiger partial charge in [0.05, 0.1) is 17.4 Å². The zero-order valence-corrected chi connectivity index (χ0v) is 14.4. The van der Waals surface area contributed by atoms with Crippen molar-refractivity contribution in [1.29, 1.82) is 0 Å². The Labute approximate surface area is 136 Å². The summed E-state index contributed by atoms with van der Waals surface area (Å²) in [6.45, 7) is 6.41. The van der Waals surface area contributed by atoms with E-state index in [2.05, 4.69) is 34.5 Å². The highest BCUT2D eigenvalue weighted by Gasteiger charge is 2.24. The fourth-order valence-corrected chi connectivity index (χ4v) is 4.12. The molecule has 0 aliphatic rings. The normalized spacial score (nSPS) is 12.2. The van der Waals surface area contributed by atoms with E-state index in [4.69, 9.17) is 17.3 Å².